The van der Waals surface area contributed by atoms with Crippen LogP contribution >= 0.6 is 0 Å². The highest BCUT2D eigenvalue weighted by Gasteiger charge is 2.20. The first-order chi connectivity index (χ1) is 10.2. The Morgan fingerprint density at radius 1 is 1.33 bits per heavy atom. The van der Waals surface area contributed by atoms with Gasteiger partial charge in [-0.3, -0.25) is 19.6 Å². The Hall–Kier alpha value is -2.93. The third-order valence-corrected chi connectivity index (χ3v) is 3.13. The van der Waals surface area contributed by atoms with Gasteiger partial charge >= 0.3 is 0 Å². The van der Waals surface area contributed by atoms with Crippen molar-refractivity contribution < 1.29 is 9.21 Å². The van der Waals surface area contributed by atoms with Crippen LogP contribution in [0.4, 0.5) is 0 Å². The molecule has 0 aliphatic rings. The lowest BCUT2D eigenvalue weighted by molar-refractivity contribution is 0.0953. The predicted molar refractivity (Wildman–Crippen MR) is 75.5 cm³/mol. The van der Waals surface area contributed by atoms with E-state index in [9.17, 15) is 9.59 Å². The molecule has 0 spiro atoms. The molecule has 1 aromatic carbocycles. The van der Waals surface area contributed by atoms with Crippen LogP contribution < -0.4 is 16.8 Å². The van der Waals surface area contributed by atoms with E-state index in [0.717, 1.165) is 0 Å². The molecule has 0 bridgehead atoms. The maximum absolute atomic E-state index is 12.0. The molecule has 3 aromatic rings. The van der Waals surface area contributed by atoms with Gasteiger partial charge in [0.2, 0.25) is 0 Å². The minimum atomic E-state index is -0.466. The van der Waals surface area contributed by atoms with Gasteiger partial charge < -0.3 is 4.42 Å². The van der Waals surface area contributed by atoms with Crippen molar-refractivity contribution >= 4 is 16.9 Å². The van der Waals surface area contributed by atoms with Gasteiger partial charge in [0, 0.05) is 17.6 Å². The van der Waals surface area contributed by atoms with Gasteiger partial charge in [0.1, 0.15) is 11.3 Å². The summed E-state index contributed by atoms with van der Waals surface area (Å²) in [5.41, 5.74) is 2.75. The normalized spacial score (nSPS) is 10.7. The van der Waals surface area contributed by atoms with E-state index in [-0.39, 0.29) is 12.1 Å². The highest BCUT2D eigenvalue weighted by Crippen LogP contribution is 2.26. The molecule has 1 amide bonds. The molecule has 7 nitrogen and oxygen atoms in total. The maximum Gasteiger partial charge on any atom is 0.269 e. The van der Waals surface area contributed by atoms with Gasteiger partial charge in [0.25, 0.3) is 11.5 Å². The van der Waals surface area contributed by atoms with E-state index < -0.39 is 5.91 Å². The van der Waals surface area contributed by atoms with Gasteiger partial charge in [-0.05, 0) is 6.07 Å². The summed E-state index contributed by atoms with van der Waals surface area (Å²) in [5, 5.41) is 0.646. The number of amides is 1. The molecule has 7 heteroatoms. The van der Waals surface area contributed by atoms with Crippen LogP contribution in [0.15, 0.2) is 52.1 Å². The summed E-state index contributed by atoms with van der Waals surface area (Å²) in [6, 6.07) is 8.45. The molecule has 3 rings (SSSR count). The van der Waals surface area contributed by atoms with E-state index in [1.54, 1.807) is 24.3 Å². The molecule has 2 heterocycles. The highest BCUT2D eigenvalue weighted by molar-refractivity contribution is 6.07. The first kappa shape index (κ1) is 13.1. The monoisotopic (exact) mass is 284 g/mol. The van der Waals surface area contributed by atoms with E-state index in [2.05, 4.69) is 10.4 Å². The Morgan fingerprint density at radius 2 is 2.14 bits per heavy atom. The number of rotatable bonds is 3. The fraction of sp³-hybridized carbons (Fsp3) is 0.0714. The summed E-state index contributed by atoms with van der Waals surface area (Å²) in [5.74, 6) is 5.11. The Morgan fingerprint density at radius 3 is 2.90 bits per heavy atom. The van der Waals surface area contributed by atoms with Crippen molar-refractivity contribution in [2.24, 2.45) is 5.84 Å². The number of carbonyl (C=O) groups is 1. The SMILES string of the molecule is NNC(=O)c1c(Cn2cnccc2=O)oc2ccccc12. The number of aromatic nitrogens is 2. The first-order valence-electron chi connectivity index (χ1n) is 6.22. The molecule has 0 saturated heterocycles. The molecule has 0 unspecified atom stereocenters. The van der Waals surface area contributed by atoms with Crippen molar-refractivity contribution in [1.29, 1.82) is 0 Å². The van der Waals surface area contributed by atoms with Gasteiger partial charge in [-0.15, -0.1) is 0 Å². The van der Waals surface area contributed by atoms with Crippen LogP contribution in [0, 0.1) is 0 Å². The third-order valence-electron chi connectivity index (χ3n) is 3.13. The van der Waals surface area contributed by atoms with Crippen LogP contribution in [0.5, 0.6) is 0 Å². The van der Waals surface area contributed by atoms with Gasteiger partial charge in [-0.25, -0.2) is 10.8 Å². The van der Waals surface area contributed by atoms with E-state index >= 15 is 0 Å². The Labute approximate surface area is 119 Å². The van der Waals surface area contributed by atoms with Gasteiger partial charge in [0.05, 0.1) is 18.4 Å². The summed E-state index contributed by atoms with van der Waals surface area (Å²) in [7, 11) is 0. The summed E-state index contributed by atoms with van der Waals surface area (Å²) in [4.78, 5) is 27.6. The zero-order chi connectivity index (χ0) is 14.8. The number of nitrogens with two attached hydrogens (primary N) is 1. The average molecular weight is 284 g/mol. The number of hydrogen-bond donors (Lipinski definition) is 2. The molecule has 0 radical (unpaired) electrons. The van der Waals surface area contributed by atoms with E-state index in [0.29, 0.717) is 22.3 Å². The Kier molecular flexibility index (Phi) is 3.25. The molecular weight excluding hydrogens is 272 g/mol. The third kappa shape index (κ3) is 2.30. The van der Waals surface area contributed by atoms with Crippen LogP contribution in [-0.4, -0.2) is 15.5 Å². The van der Waals surface area contributed by atoms with Crippen molar-refractivity contribution in [3.05, 3.63) is 64.5 Å². The average Bonchev–Trinajstić information content (AvgIpc) is 2.87. The quantitative estimate of drug-likeness (QED) is 0.417. The lowest BCUT2D eigenvalue weighted by atomic mass is 10.1. The molecule has 0 atom stereocenters. The fourth-order valence-electron chi connectivity index (χ4n) is 2.18. The number of nitrogen functional groups attached to an aromatic ring is 1. The second-order valence-corrected chi connectivity index (χ2v) is 4.42. The molecule has 2 aromatic heterocycles. The minimum Gasteiger partial charge on any atom is -0.458 e. The second-order valence-electron chi connectivity index (χ2n) is 4.42. The topological polar surface area (TPSA) is 103 Å². The van der Waals surface area contributed by atoms with E-state index in [1.807, 2.05) is 0 Å². The van der Waals surface area contributed by atoms with Crippen molar-refractivity contribution in [1.82, 2.24) is 15.0 Å². The molecule has 0 aliphatic heterocycles. The summed E-state index contributed by atoms with van der Waals surface area (Å²) in [6.07, 6.45) is 2.80. The minimum absolute atomic E-state index is 0.101. The predicted octanol–water partition coefficient (Wildman–Crippen LogP) is 0.641. The number of carbonyl (C=O) groups excluding carboxylic acids is 1. The molecular formula is C14H12N4O3. The molecule has 3 N–H and O–H groups in total. The van der Waals surface area contributed by atoms with Crippen LogP contribution in [0.3, 0.4) is 0 Å². The molecule has 0 saturated carbocycles. The van der Waals surface area contributed by atoms with Crippen molar-refractivity contribution in [2.45, 2.75) is 6.54 Å². The van der Waals surface area contributed by atoms with Crippen LogP contribution in [-0.2, 0) is 6.54 Å². The summed E-state index contributed by atoms with van der Waals surface area (Å²) >= 11 is 0. The van der Waals surface area contributed by atoms with Crippen molar-refractivity contribution in [2.75, 3.05) is 0 Å². The van der Waals surface area contributed by atoms with Crippen LogP contribution in [0.1, 0.15) is 16.1 Å². The van der Waals surface area contributed by atoms with Crippen LogP contribution in [0.2, 0.25) is 0 Å². The smallest absolute Gasteiger partial charge is 0.269 e. The summed E-state index contributed by atoms with van der Waals surface area (Å²) < 4.78 is 7.03. The molecule has 0 fully saturated rings. The van der Waals surface area contributed by atoms with E-state index in [4.69, 9.17) is 10.3 Å². The number of nitrogens with one attached hydrogen (secondary N) is 1. The molecule has 0 aliphatic carbocycles. The molecule has 21 heavy (non-hydrogen) atoms. The van der Waals surface area contributed by atoms with Gasteiger partial charge in [0.15, 0.2) is 0 Å². The zero-order valence-electron chi connectivity index (χ0n) is 10.9. The number of hydrazine groups is 1. The Balaban J connectivity index is 2.16. The lowest BCUT2D eigenvalue weighted by Gasteiger charge is -2.04. The largest absolute Gasteiger partial charge is 0.458 e. The number of furan rings is 1. The van der Waals surface area contributed by atoms with Crippen LogP contribution in [0.25, 0.3) is 11.0 Å². The zero-order valence-corrected chi connectivity index (χ0v) is 10.9. The number of hydrogen-bond acceptors (Lipinski definition) is 5. The number of fused-ring (bicyclic) bond motifs is 1. The van der Waals surface area contributed by atoms with Gasteiger partial charge in [-0.2, -0.15) is 0 Å². The lowest BCUT2D eigenvalue weighted by Crippen LogP contribution is -2.31. The first-order valence-corrected chi connectivity index (χ1v) is 6.22. The number of benzene rings is 1. The Bertz CT molecular complexity index is 866. The number of nitrogens with zero attached hydrogens (tertiary/aromatic N) is 2. The second kappa shape index (κ2) is 5.22. The number of para-hydroxylation sites is 1. The molecule has 106 valence electrons. The fourth-order valence-corrected chi connectivity index (χ4v) is 2.18. The van der Waals surface area contributed by atoms with E-state index in [1.165, 1.54) is 23.2 Å². The highest BCUT2D eigenvalue weighted by atomic mass is 16.3. The van der Waals surface area contributed by atoms with Crippen molar-refractivity contribution in [3.63, 3.8) is 0 Å². The summed E-state index contributed by atoms with van der Waals surface area (Å²) in [6.45, 7) is 0.101. The maximum atomic E-state index is 12.0. The standard InChI is InChI=1S/C14H12N4O3/c15-17-14(20)13-9-3-1-2-4-10(9)21-11(13)7-18-8-16-6-5-12(18)19/h1-6,8H,7,15H2,(H,17,20). The van der Waals surface area contributed by atoms with Crippen molar-refractivity contribution in [3.8, 4) is 0 Å². The van der Waals surface area contributed by atoms with Gasteiger partial charge in [-0.1, -0.05) is 18.2 Å².